The molecule has 0 aliphatic carbocycles. The highest BCUT2D eigenvalue weighted by molar-refractivity contribution is 7.41. The number of aliphatic hydroxyl groups is 1. The van der Waals surface area contributed by atoms with E-state index in [4.69, 9.17) is 18.3 Å². The third-order valence-electron chi connectivity index (χ3n) is 3.34. The first-order chi connectivity index (χ1) is 10.5. The molecule has 2 heterocycles. The van der Waals surface area contributed by atoms with E-state index in [1.165, 1.54) is 25.0 Å². The number of nitrogens with one attached hydrogen (secondary N) is 1. The van der Waals surface area contributed by atoms with Gasteiger partial charge in [-0.2, -0.15) is 0 Å². The van der Waals surface area contributed by atoms with Crippen molar-refractivity contribution in [3.05, 3.63) is 32.6 Å². The van der Waals surface area contributed by atoms with Crippen molar-refractivity contribution in [2.45, 2.75) is 31.8 Å². The molecule has 1 aromatic rings. The second-order valence-corrected chi connectivity index (χ2v) is 6.15. The molecule has 3 radical (unpaired) electrons. The molecule has 11 heteroatoms. The lowest BCUT2D eigenvalue weighted by molar-refractivity contribution is -0.0440. The lowest BCUT2D eigenvalue weighted by Crippen LogP contribution is -2.33. The number of aromatic nitrogens is 2. The van der Waals surface area contributed by atoms with Crippen molar-refractivity contribution in [3.63, 3.8) is 0 Å². The molecule has 2 N–H and O–H groups in total. The number of rotatable bonds is 6. The van der Waals surface area contributed by atoms with Crippen LogP contribution in [-0.4, -0.2) is 56.1 Å². The lowest BCUT2D eigenvalue weighted by atomic mass is 10.2. The van der Waals surface area contributed by atoms with Crippen LogP contribution in [0.25, 0.3) is 0 Å². The predicted octanol–water partition coefficient (Wildman–Crippen LogP) is -0.351. The fraction of sp³-hybridized carbons (Fsp3) is 0.667. The molecule has 0 saturated carbocycles. The van der Waals surface area contributed by atoms with Gasteiger partial charge < -0.3 is 23.4 Å². The third-order valence-corrected chi connectivity index (χ3v) is 4.38. The largest absolute Gasteiger partial charge is 0.394 e. The molecule has 1 aliphatic heterocycles. The van der Waals surface area contributed by atoms with Gasteiger partial charge in [0.1, 0.15) is 12.3 Å². The fourth-order valence-corrected chi connectivity index (χ4v) is 2.98. The first kappa shape index (κ1) is 20.0. The Morgan fingerprint density at radius 3 is 2.65 bits per heavy atom. The second kappa shape index (κ2) is 8.72. The number of ether oxygens (including phenoxy) is 1. The zero-order valence-electron chi connectivity index (χ0n) is 13.1. The number of nitrogens with zero attached hydrogens (tertiary/aromatic N) is 1. The Labute approximate surface area is 136 Å². The van der Waals surface area contributed by atoms with Gasteiger partial charge in [-0.25, -0.2) is 4.79 Å². The van der Waals surface area contributed by atoms with Crippen LogP contribution in [0.5, 0.6) is 0 Å². The van der Waals surface area contributed by atoms with Crippen LogP contribution in [0.2, 0.25) is 0 Å². The number of hydrogen-bond donors (Lipinski definition) is 2. The maximum atomic E-state index is 11.9. The second-order valence-electron chi connectivity index (χ2n) is 4.76. The molecule has 1 aromatic heterocycles. The van der Waals surface area contributed by atoms with Crippen molar-refractivity contribution in [2.24, 2.45) is 0 Å². The summed E-state index contributed by atoms with van der Waals surface area (Å²) in [6, 6.07) is 0. The highest BCUT2D eigenvalue weighted by Gasteiger charge is 2.39. The van der Waals surface area contributed by atoms with Gasteiger partial charge in [0.15, 0.2) is 0 Å². The van der Waals surface area contributed by atoms with E-state index in [2.05, 4.69) is 4.98 Å². The molecule has 127 valence electrons. The Morgan fingerprint density at radius 1 is 1.43 bits per heavy atom. The molecule has 3 atom stereocenters. The fourth-order valence-electron chi connectivity index (χ4n) is 2.22. The average Bonchev–Trinajstić information content (AvgIpc) is 2.91. The van der Waals surface area contributed by atoms with Crippen molar-refractivity contribution >= 4 is 17.0 Å². The summed E-state index contributed by atoms with van der Waals surface area (Å²) in [7, 11) is 1.36. The number of aromatic amines is 1. The number of hydrogen-bond acceptors (Lipinski definition) is 7. The van der Waals surface area contributed by atoms with Crippen molar-refractivity contribution in [1.29, 1.82) is 0 Å². The minimum atomic E-state index is -1.54. The first-order valence-electron chi connectivity index (χ1n) is 6.63. The van der Waals surface area contributed by atoms with E-state index in [1.54, 1.807) is 6.92 Å². The molecule has 0 unspecified atom stereocenters. The van der Waals surface area contributed by atoms with Crippen LogP contribution >= 0.6 is 8.60 Å². The van der Waals surface area contributed by atoms with Crippen LogP contribution in [-0.2, 0) is 18.3 Å². The van der Waals surface area contributed by atoms with Crippen molar-refractivity contribution in [3.8, 4) is 0 Å². The molecule has 0 spiro atoms. The zero-order chi connectivity index (χ0) is 16.3. The molecule has 1 fully saturated rings. The van der Waals surface area contributed by atoms with Crippen molar-refractivity contribution in [1.82, 2.24) is 9.55 Å². The van der Waals surface area contributed by atoms with Crippen LogP contribution in [0, 0.1) is 6.92 Å². The van der Waals surface area contributed by atoms with Crippen LogP contribution in [0.4, 0.5) is 0 Å². The molecule has 9 nitrogen and oxygen atoms in total. The predicted molar refractivity (Wildman–Crippen MR) is 83.2 cm³/mol. The normalized spacial score (nSPS) is 24.0. The van der Waals surface area contributed by atoms with Gasteiger partial charge in [-0.15, -0.1) is 0 Å². The summed E-state index contributed by atoms with van der Waals surface area (Å²) in [4.78, 5) is 25.5. The summed E-state index contributed by atoms with van der Waals surface area (Å²) in [5.74, 6) is 0. The number of aryl methyl sites for hydroxylation is 1. The molecule has 0 bridgehead atoms. The van der Waals surface area contributed by atoms with Crippen LogP contribution in [0.1, 0.15) is 18.2 Å². The molecule has 1 aliphatic rings. The van der Waals surface area contributed by atoms with E-state index in [9.17, 15) is 14.7 Å². The van der Waals surface area contributed by atoms with Crippen molar-refractivity contribution < 1.29 is 23.4 Å². The standard InChI is InChI=1S/C12H19N2O7P.B/c1-7-5-14(12(17)13-11(7)16)10-4-8(9(6-15)20-10)21-22(18-2)19-3;/h5,8-10,15H,4,6H2,1-3H3,(H,13,16,17);/t8-,9+,10+;/m0./s1. The summed E-state index contributed by atoms with van der Waals surface area (Å²) in [5, 5.41) is 9.40. The molecular weight excluding hydrogens is 326 g/mol. The summed E-state index contributed by atoms with van der Waals surface area (Å²) in [5.41, 5.74) is -0.615. The maximum Gasteiger partial charge on any atom is 0.332 e. The molecular formula is C12H19BN2O7P. The van der Waals surface area contributed by atoms with Gasteiger partial charge in [-0.05, 0) is 6.92 Å². The van der Waals surface area contributed by atoms with Gasteiger partial charge in [0.2, 0.25) is 0 Å². The highest BCUT2D eigenvalue weighted by Crippen LogP contribution is 2.43. The van der Waals surface area contributed by atoms with E-state index in [-0.39, 0.29) is 15.0 Å². The van der Waals surface area contributed by atoms with Gasteiger partial charge in [0, 0.05) is 40.8 Å². The van der Waals surface area contributed by atoms with Gasteiger partial charge >= 0.3 is 14.3 Å². The number of aliphatic hydroxyl groups excluding tert-OH is 1. The smallest absolute Gasteiger partial charge is 0.332 e. The Kier molecular flexibility index (Phi) is 7.59. The van der Waals surface area contributed by atoms with Gasteiger partial charge in [-0.3, -0.25) is 14.3 Å². The van der Waals surface area contributed by atoms with Crippen molar-refractivity contribution in [2.75, 3.05) is 20.8 Å². The van der Waals surface area contributed by atoms with Crippen LogP contribution in [0.15, 0.2) is 15.8 Å². The molecule has 0 aromatic carbocycles. The van der Waals surface area contributed by atoms with Crippen LogP contribution < -0.4 is 11.2 Å². The summed E-state index contributed by atoms with van der Waals surface area (Å²) in [6.07, 6.45) is 0.00985. The SMILES string of the molecule is COP(OC)O[C@H]1C[C@H](n2cc(C)c(=O)[nH]c2=O)O[C@@H]1CO.[B]. The lowest BCUT2D eigenvalue weighted by Gasteiger charge is -2.19. The topological polar surface area (TPSA) is 112 Å². The molecule has 0 amide bonds. The van der Waals surface area contributed by atoms with E-state index < -0.39 is 38.3 Å². The monoisotopic (exact) mass is 345 g/mol. The van der Waals surface area contributed by atoms with Gasteiger partial charge in [0.25, 0.3) is 5.56 Å². The van der Waals surface area contributed by atoms with E-state index in [1.807, 2.05) is 0 Å². The quantitative estimate of drug-likeness (QED) is 0.535. The van der Waals surface area contributed by atoms with E-state index in [0.717, 1.165) is 0 Å². The molecule has 1 saturated heterocycles. The minimum absolute atomic E-state index is 0. The summed E-state index contributed by atoms with van der Waals surface area (Å²) in [6.45, 7) is 1.32. The maximum absolute atomic E-state index is 11.9. The Morgan fingerprint density at radius 2 is 2.09 bits per heavy atom. The average molecular weight is 345 g/mol. The van der Waals surface area contributed by atoms with E-state index >= 15 is 0 Å². The summed E-state index contributed by atoms with van der Waals surface area (Å²) < 4.78 is 22.6. The number of H-pyrrole nitrogens is 1. The van der Waals surface area contributed by atoms with E-state index in [0.29, 0.717) is 12.0 Å². The Balaban J connectivity index is 0.00000264. The Hall–Kier alpha value is -1.03. The molecule has 23 heavy (non-hydrogen) atoms. The Bertz CT molecular complexity index is 618. The first-order valence-corrected chi connectivity index (χ1v) is 7.73. The zero-order valence-corrected chi connectivity index (χ0v) is 14.0. The molecule has 2 rings (SSSR count). The third kappa shape index (κ3) is 4.50. The van der Waals surface area contributed by atoms with Crippen LogP contribution in [0.3, 0.4) is 0 Å². The van der Waals surface area contributed by atoms with Gasteiger partial charge in [-0.1, -0.05) is 0 Å². The van der Waals surface area contributed by atoms with Gasteiger partial charge in [0.05, 0.1) is 12.7 Å². The minimum Gasteiger partial charge on any atom is -0.394 e. The highest BCUT2D eigenvalue weighted by atomic mass is 31.2. The summed E-state index contributed by atoms with van der Waals surface area (Å²) >= 11 is 0.